The van der Waals surface area contributed by atoms with Gasteiger partial charge in [-0.25, -0.2) is 4.79 Å². The second-order valence-electron chi connectivity index (χ2n) is 3.83. The number of thioether (sulfide) groups is 2. The fourth-order valence-corrected chi connectivity index (χ4v) is 3.29. The van der Waals surface area contributed by atoms with E-state index in [0.717, 1.165) is 5.76 Å². The van der Waals surface area contributed by atoms with E-state index in [1.54, 1.807) is 23.9 Å². The highest BCUT2D eigenvalue weighted by atomic mass is 32.2. The number of carboxylic acid groups (broad SMARTS) is 1. The number of carboxylic acids is 1. The lowest BCUT2D eigenvalue weighted by atomic mass is 10.3. The Morgan fingerprint density at radius 1 is 1.61 bits per heavy atom. The first-order chi connectivity index (χ1) is 8.63. The molecule has 1 fully saturated rings. The molecule has 7 heteroatoms. The largest absolute Gasteiger partial charge is 0.480 e. The molecule has 0 aromatic carbocycles. The maximum atomic E-state index is 12.1. The second kappa shape index (κ2) is 5.71. The number of furan rings is 1. The predicted molar refractivity (Wildman–Crippen MR) is 70.8 cm³/mol. The van der Waals surface area contributed by atoms with Crippen molar-refractivity contribution in [2.45, 2.75) is 11.8 Å². The zero-order chi connectivity index (χ0) is 13.1. The van der Waals surface area contributed by atoms with Crippen LogP contribution in [0.3, 0.4) is 0 Å². The van der Waals surface area contributed by atoms with E-state index in [0.29, 0.717) is 17.4 Å². The predicted octanol–water partition coefficient (Wildman–Crippen LogP) is 1.74. The minimum Gasteiger partial charge on any atom is -0.480 e. The van der Waals surface area contributed by atoms with Gasteiger partial charge in [0, 0.05) is 5.75 Å². The van der Waals surface area contributed by atoms with Crippen LogP contribution in [0.4, 0.5) is 0 Å². The van der Waals surface area contributed by atoms with Crippen LogP contribution >= 0.6 is 23.5 Å². The third-order valence-electron chi connectivity index (χ3n) is 2.59. The molecule has 0 aliphatic carbocycles. The molecular weight excluding hydrogens is 274 g/mol. The molecular formula is C11H13NO4S2. The molecule has 1 aromatic rings. The van der Waals surface area contributed by atoms with Gasteiger partial charge >= 0.3 is 5.97 Å². The zero-order valence-electron chi connectivity index (χ0n) is 9.79. The van der Waals surface area contributed by atoms with Crippen molar-refractivity contribution in [3.63, 3.8) is 0 Å². The molecule has 1 amide bonds. The summed E-state index contributed by atoms with van der Waals surface area (Å²) < 4.78 is 5.41. The van der Waals surface area contributed by atoms with E-state index >= 15 is 0 Å². The zero-order valence-corrected chi connectivity index (χ0v) is 11.4. The molecule has 1 saturated heterocycles. The number of hydrogen-bond acceptors (Lipinski definition) is 5. The maximum Gasteiger partial charge on any atom is 0.327 e. The van der Waals surface area contributed by atoms with Crippen molar-refractivity contribution < 1.29 is 19.1 Å². The van der Waals surface area contributed by atoms with Gasteiger partial charge in [-0.2, -0.15) is 11.8 Å². The number of amides is 1. The SMILES string of the molecule is CSCc1ccc(C(=O)N2CSC[C@H]2C(=O)O)o1. The Morgan fingerprint density at radius 3 is 3.06 bits per heavy atom. The van der Waals surface area contributed by atoms with Crippen LogP contribution in [0, 0.1) is 0 Å². The van der Waals surface area contributed by atoms with E-state index in [4.69, 9.17) is 9.52 Å². The summed E-state index contributed by atoms with van der Waals surface area (Å²) >= 11 is 3.04. The van der Waals surface area contributed by atoms with Crippen molar-refractivity contribution in [1.82, 2.24) is 4.90 Å². The van der Waals surface area contributed by atoms with Gasteiger partial charge in [0.15, 0.2) is 5.76 Å². The molecule has 1 aliphatic rings. The highest BCUT2D eigenvalue weighted by Gasteiger charge is 2.36. The lowest BCUT2D eigenvalue weighted by Gasteiger charge is -2.18. The molecule has 5 nitrogen and oxygen atoms in total. The summed E-state index contributed by atoms with van der Waals surface area (Å²) in [6, 6.07) is 2.61. The Morgan fingerprint density at radius 2 is 2.39 bits per heavy atom. The van der Waals surface area contributed by atoms with Gasteiger partial charge in [0.05, 0.1) is 11.6 Å². The van der Waals surface area contributed by atoms with Crippen LogP contribution in [-0.2, 0) is 10.5 Å². The lowest BCUT2D eigenvalue weighted by molar-refractivity contribution is -0.140. The first-order valence-corrected chi connectivity index (χ1v) is 7.87. The monoisotopic (exact) mass is 287 g/mol. The standard InChI is InChI=1S/C11H13NO4S2/c1-17-4-7-2-3-9(16-7)10(13)12-6-18-5-8(12)11(14)15/h2-3,8H,4-6H2,1H3,(H,14,15)/t8-/m0/s1. The topological polar surface area (TPSA) is 70.8 Å². The molecule has 18 heavy (non-hydrogen) atoms. The molecule has 1 aliphatic heterocycles. The highest BCUT2D eigenvalue weighted by Crippen LogP contribution is 2.24. The van der Waals surface area contributed by atoms with Crippen LogP contribution in [-0.4, -0.2) is 45.8 Å². The number of carbonyl (C=O) groups is 2. The van der Waals surface area contributed by atoms with Crippen molar-refractivity contribution in [2.75, 3.05) is 17.9 Å². The van der Waals surface area contributed by atoms with Crippen LogP contribution in [0.15, 0.2) is 16.5 Å². The quantitative estimate of drug-likeness (QED) is 0.909. The van der Waals surface area contributed by atoms with Crippen molar-refractivity contribution >= 4 is 35.4 Å². The summed E-state index contributed by atoms with van der Waals surface area (Å²) in [4.78, 5) is 24.5. The van der Waals surface area contributed by atoms with Crippen LogP contribution in [0.5, 0.6) is 0 Å². The van der Waals surface area contributed by atoms with Crippen molar-refractivity contribution in [3.05, 3.63) is 23.7 Å². The highest BCUT2D eigenvalue weighted by molar-refractivity contribution is 7.99. The van der Waals surface area contributed by atoms with Crippen LogP contribution in [0.2, 0.25) is 0 Å². The molecule has 2 heterocycles. The smallest absolute Gasteiger partial charge is 0.327 e. The molecule has 2 rings (SSSR count). The molecule has 0 radical (unpaired) electrons. The molecule has 1 aromatic heterocycles. The fraction of sp³-hybridized carbons (Fsp3) is 0.455. The van der Waals surface area contributed by atoms with Gasteiger partial charge < -0.3 is 14.4 Å². The average molecular weight is 287 g/mol. The first kappa shape index (κ1) is 13.4. The van der Waals surface area contributed by atoms with E-state index in [-0.39, 0.29) is 11.7 Å². The van der Waals surface area contributed by atoms with Crippen LogP contribution < -0.4 is 0 Å². The number of nitrogens with zero attached hydrogens (tertiary/aromatic N) is 1. The van der Waals surface area contributed by atoms with Gasteiger partial charge in [-0.3, -0.25) is 4.79 Å². The van der Waals surface area contributed by atoms with E-state index in [1.807, 2.05) is 6.26 Å². The summed E-state index contributed by atoms with van der Waals surface area (Å²) in [6.45, 7) is 0. The molecule has 0 bridgehead atoms. The minimum absolute atomic E-state index is 0.216. The third-order valence-corrected chi connectivity index (χ3v) is 4.17. The first-order valence-electron chi connectivity index (χ1n) is 5.32. The third kappa shape index (κ3) is 2.67. The normalized spacial score (nSPS) is 19.2. The Labute approximate surface area is 113 Å². The van der Waals surface area contributed by atoms with E-state index in [9.17, 15) is 9.59 Å². The van der Waals surface area contributed by atoms with Gasteiger partial charge in [-0.1, -0.05) is 0 Å². The fourth-order valence-electron chi connectivity index (χ4n) is 1.70. The Balaban J connectivity index is 2.12. The number of hydrogen-bond donors (Lipinski definition) is 1. The summed E-state index contributed by atoms with van der Waals surface area (Å²) in [6.07, 6.45) is 1.95. The second-order valence-corrected chi connectivity index (χ2v) is 5.69. The molecule has 0 saturated carbocycles. The summed E-state index contributed by atoms with van der Waals surface area (Å²) in [5, 5.41) is 9.03. The van der Waals surface area contributed by atoms with E-state index in [1.165, 1.54) is 16.7 Å². The minimum atomic E-state index is -0.968. The van der Waals surface area contributed by atoms with Gasteiger partial charge in [0.25, 0.3) is 5.91 Å². The van der Waals surface area contributed by atoms with E-state index < -0.39 is 12.0 Å². The van der Waals surface area contributed by atoms with Gasteiger partial charge in [-0.15, -0.1) is 11.8 Å². The maximum absolute atomic E-state index is 12.1. The number of aliphatic carboxylic acids is 1. The van der Waals surface area contributed by atoms with Gasteiger partial charge in [0.2, 0.25) is 0 Å². The number of carbonyl (C=O) groups excluding carboxylic acids is 1. The Hall–Kier alpha value is -1.08. The van der Waals surface area contributed by atoms with Crippen molar-refractivity contribution in [2.24, 2.45) is 0 Å². The number of rotatable bonds is 4. The van der Waals surface area contributed by atoms with Gasteiger partial charge in [-0.05, 0) is 18.4 Å². The summed E-state index contributed by atoms with van der Waals surface area (Å²) in [5.74, 6) is 1.15. The molecule has 1 N–H and O–H groups in total. The molecule has 0 spiro atoms. The summed E-state index contributed by atoms with van der Waals surface area (Å²) in [5.41, 5.74) is 0. The van der Waals surface area contributed by atoms with Gasteiger partial charge in [0.1, 0.15) is 11.8 Å². The van der Waals surface area contributed by atoms with E-state index in [2.05, 4.69) is 0 Å². The molecule has 0 unspecified atom stereocenters. The Bertz CT molecular complexity index is 460. The Kier molecular flexibility index (Phi) is 4.23. The van der Waals surface area contributed by atoms with Crippen LogP contribution in [0.25, 0.3) is 0 Å². The lowest BCUT2D eigenvalue weighted by Crippen LogP contribution is -2.41. The van der Waals surface area contributed by atoms with Crippen molar-refractivity contribution in [3.8, 4) is 0 Å². The molecule has 1 atom stereocenters. The van der Waals surface area contributed by atoms with Crippen LogP contribution in [0.1, 0.15) is 16.3 Å². The summed E-state index contributed by atoms with van der Waals surface area (Å²) in [7, 11) is 0. The molecule has 98 valence electrons. The average Bonchev–Trinajstić information content (AvgIpc) is 2.96. The van der Waals surface area contributed by atoms with Crippen molar-refractivity contribution in [1.29, 1.82) is 0 Å².